The Labute approximate surface area is 82.2 Å². The molecule has 1 rings (SSSR count). The summed E-state index contributed by atoms with van der Waals surface area (Å²) in [5, 5.41) is 8.61. The standard InChI is InChI=1S/C11H9NO2/c1-2-11(13)14-8-10-5-3-4-9(6-10)7-12/h2-6H,1,8H2. The van der Waals surface area contributed by atoms with Gasteiger partial charge in [-0.15, -0.1) is 0 Å². The van der Waals surface area contributed by atoms with E-state index >= 15 is 0 Å². The van der Waals surface area contributed by atoms with E-state index in [9.17, 15) is 4.79 Å². The van der Waals surface area contributed by atoms with Crippen LogP contribution in [0, 0.1) is 11.3 Å². The minimum Gasteiger partial charge on any atom is -0.458 e. The van der Waals surface area contributed by atoms with Gasteiger partial charge in [0.2, 0.25) is 0 Å². The molecule has 0 unspecified atom stereocenters. The predicted molar refractivity (Wildman–Crippen MR) is 51.2 cm³/mol. The summed E-state index contributed by atoms with van der Waals surface area (Å²) in [5.74, 6) is -0.465. The Morgan fingerprint density at radius 1 is 1.64 bits per heavy atom. The summed E-state index contributed by atoms with van der Waals surface area (Å²) in [6.45, 7) is 3.45. The van der Waals surface area contributed by atoms with Crippen molar-refractivity contribution >= 4 is 5.97 Å². The molecule has 0 fully saturated rings. The molecule has 0 atom stereocenters. The summed E-state index contributed by atoms with van der Waals surface area (Å²) in [6, 6.07) is 8.91. The van der Waals surface area contributed by atoms with Gasteiger partial charge in [-0.2, -0.15) is 5.26 Å². The quantitative estimate of drug-likeness (QED) is 0.535. The molecule has 3 heteroatoms. The number of nitriles is 1. The number of ether oxygens (including phenoxy) is 1. The number of carbonyl (C=O) groups excluding carboxylic acids is 1. The summed E-state index contributed by atoms with van der Waals surface area (Å²) in [7, 11) is 0. The summed E-state index contributed by atoms with van der Waals surface area (Å²) < 4.78 is 4.81. The summed E-state index contributed by atoms with van der Waals surface area (Å²) in [4.78, 5) is 10.7. The molecule has 0 saturated heterocycles. The Kier molecular flexibility index (Phi) is 3.45. The molecule has 1 aromatic carbocycles. The highest BCUT2D eigenvalue weighted by molar-refractivity contribution is 5.81. The van der Waals surface area contributed by atoms with Crippen LogP contribution in [0.15, 0.2) is 36.9 Å². The van der Waals surface area contributed by atoms with Crippen LogP contribution in [0.3, 0.4) is 0 Å². The fourth-order valence-corrected chi connectivity index (χ4v) is 0.944. The van der Waals surface area contributed by atoms with Crippen molar-refractivity contribution in [1.82, 2.24) is 0 Å². The Morgan fingerprint density at radius 3 is 3.07 bits per heavy atom. The van der Waals surface area contributed by atoms with Gasteiger partial charge in [-0.3, -0.25) is 0 Å². The van der Waals surface area contributed by atoms with Gasteiger partial charge in [-0.25, -0.2) is 4.79 Å². The van der Waals surface area contributed by atoms with Gasteiger partial charge in [-0.1, -0.05) is 18.7 Å². The second-order valence-electron chi connectivity index (χ2n) is 2.62. The SMILES string of the molecule is C=CC(=O)OCc1cccc(C#N)c1. The van der Waals surface area contributed by atoms with Gasteiger partial charge in [0.1, 0.15) is 6.61 Å². The molecule has 0 heterocycles. The van der Waals surface area contributed by atoms with Crippen LogP contribution in [-0.2, 0) is 16.1 Å². The van der Waals surface area contributed by atoms with Gasteiger partial charge in [0.05, 0.1) is 11.6 Å². The maximum absolute atomic E-state index is 10.7. The topological polar surface area (TPSA) is 50.1 Å². The van der Waals surface area contributed by atoms with Crippen molar-refractivity contribution in [3.8, 4) is 6.07 Å². The first kappa shape index (κ1) is 10.0. The van der Waals surface area contributed by atoms with Crippen molar-refractivity contribution in [2.75, 3.05) is 0 Å². The average molecular weight is 187 g/mol. The lowest BCUT2D eigenvalue weighted by Gasteiger charge is -2.01. The largest absolute Gasteiger partial charge is 0.458 e. The van der Waals surface area contributed by atoms with Crippen LogP contribution in [0.1, 0.15) is 11.1 Å². The van der Waals surface area contributed by atoms with E-state index in [1.807, 2.05) is 6.07 Å². The number of esters is 1. The molecule has 0 amide bonds. The Bertz CT molecular complexity index is 391. The molecule has 14 heavy (non-hydrogen) atoms. The van der Waals surface area contributed by atoms with Gasteiger partial charge in [0, 0.05) is 6.08 Å². The molecule has 0 aliphatic carbocycles. The molecule has 1 aromatic rings. The van der Waals surface area contributed by atoms with E-state index in [0.717, 1.165) is 11.6 Å². The first-order valence-corrected chi connectivity index (χ1v) is 4.04. The van der Waals surface area contributed by atoms with Crippen molar-refractivity contribution in [3.05, 3.63) is 48.0 Å². The highest BCUT2D eigenvalue weighted by Crippen LogP contribution is 2.05. The van der Waals surface area contributed by atoms with Crippen LogP contribution in [0.5, 0.6) is 0 Å². The number of benzene rings is 1. The van der Waals surface area contributed by atoms with Crippen LogP contribution >= 0.6 is 0 Å². The summed E-state index contributed by atoms with van der Waals surface area (Å²) in [6.07, 6.45) is 1.11. The lowest BCUT2D eigenvalue weighted by molar-refractivity contribution is -0.138. The first-order valence-electron chi connectivity index (χ1n) is 4.04. The van der Waals surface area contributed by atoms with Crippen LogP contribution in [-0.4, -0.2) is 5.97 Å². The third kappa shape index (κ3) is 2.76. The monoisotopic (exact) mass is 187 g/mol. The number of hydrogen-bond donors (Lipinski definition) is 0. The highest BCUT2D eigenvalue weighted by atomic mass is 16.5. The second kappa shape index (κ2) is 4.83. The van der Waals surface area contributed by atoms with E-state index in [1.165, 1.54) is 0 Å². The molecule has 0 aliphatic rings. The number of carbonyl (C=O) groups is 1. The summed E-state index contributed by atoms with van der Waals surface area (Å²) in [5.41, 5.74) is 1.34. The average Bonchev–Trinajstić information content (AvgIpc) is 2.26. The van der Waals surface area contributed by atoms with E-state index in [0.29, 0.717) is 5.56 Å². The Hall–Kier alpha value is -2.08. The van der Waals surface area contributed by atoms with E-state index in [4.69, 9.17) is 10.00 Å². The Balaban J connectivity index is 2.64. The predicted octanol–water partition coefficient (Wildman–Crippen LogP) is 1.79. The van der Waals surface area contributed by atoms with E-state index in [-0.39, 0.29) is 6.61 Å². The molecule has 0 N–H and O–H groups in total. The molecule has 0 spiro atoms. The van der Waals surface area contributed by atoms with Crippen LogP contribution < -0.4 is 0 Å². The molecule has 0 saturated carbocycles. The van der Waals surface area contributed by atoms with Gasteiger partial charge in [0.25, 0.3) is 0 Å². The van der Waals surface area contributed by atoms with Gasteiger partial charge in [0.15, 0.2) is 0 Å². The first-order chi connectivity index (χ1) is 6.76. The third-order valence-electron chi connectivity index (χ3n) is 1.60. The molecular formula is C11H9NO2. The van der Waals surface area contributed by atoms with Gasteiger partial charge in [-0.05, 0) is 17.7 Å². The van der Waals surface area contributed by atoms with Crippen LogP contribution in [0.2, 0.25) is 0 Å². The zero-order valence-corrected chi connectivity index (χ0v) is 7.56. The smallest absolute Gasteiger partial charge is 0.330 e. The molecule has 70 valence electrons. The number of hydrogen-bond acceptors (Lipinski definition) is 3. The maximum atomic E-state index is 10.7. The van der Waals surface area contributed by atoms with E-state index in [2.05, 4.69) is 6.58 Å². The van der Waals surface area contributed by atoms with Crippen molar-refractivity contribution < 1.29 is 9.53 Å². The van der Waals surface area contributed by atoms with Crippen molar-refractivity contribution in [2.24, 2.45) is 0 Å². The fourth-order valence-electron chi connectivity index (χ4n) is 0.944. The molecule has 0 aromatic heterocycles. The minimum absolute atomic E-state index is 0.167. The fraction of sp³-hybridized carbons (Fsp3) is 0.0909. The maximum Gasteiger partial charge on any atom is 0.330 e. The van der Waals surface area contributed by atoms with Crippen molar-refractivity contribution in [2.45, 2.75) is 6.61 Å². The van der Waals surface area contributed by atoms with Crippen molar-refractivity contribution in [3.63, 3.8) is 0 Å². The highest BCUT2D eigenvalue weighted by Gasteiger charge is 1.98. The molecule has 0 radical (unpaired) electrons. The van der Waals surface area contributed by atoms with E-state index in [1.54, 1.807) is 24.3 Å². The van der Waals surface area contributed by atoms with E-state index < -0.39 is 5.97 Å². The zero-order valence-electron chi connectivity index (χ0n) is 7.56. The van der Waals surface area contributed by atoms with Crippen LogP contribution in [0.25, 0.3) is 0 Å². The van der Waals surface area contributed by atoms with Gasteiger partial charge >= 0.3 is 5.97 Å². The van der Waals surface area contributed by atoms with Crippen molar-refractivity contribution in [1.29, 1.82) is 5.26 Å². The zero-order chi connectivity index (χ0) is 10.4. The number of rotatable bonds is 3. The third-order valence-corrected chi connectivity index (χ3v) is 1.60. The molecular weight excluding hydrogens is 178 g/mol. The molecule has 0 aliphatic heterocycles. The minimum atomic E-state index is -0.465. The second-order valence-corrected chi connectivity index (χ2v) is 2.62. The lowest BCUT2D eigenvalue weighted by atomic mass is 10.1. The van der Waals surface area contributed by atoms with Crippen LogP contribution in [0.4, 0.5) is 0 Å². The Morgan fingerprint density at radius 2 is 2.43 bits per heavy atom. The lowest BCUT2D eigenvalue weighted by Crippen LogP contribution is -2.00. The molecule has 0 bridgehead atoms. The summed E-state index contributed by atoms with van der Waals surface area (Å²) >= 11 is 0. The normalized spacial score (nSPS) is 8.79. The van der Waals surface area contributed by atoms with Gasteiger partial charge < -0.3 is 4.74 Å². The molecule has 3 nitrogen and oxygen atoms in total. The number of nitrogens with zero attached hydrogens (tertiary/aromatic N) is 1.